The van der Waals surface area contributed by atoms with E-state index in [-0.39, 0.29) is 12.1 Å². The summed E-state index contributed by atoms with van der Waals surface area (Å²) in [5, 5.41) is 10.1. The van der Waals surface area contributed by atoms with Crippen LogP contribution in [0.1, 0.15) is 75.1 Å². The molecule has 0 aliphatic heterocycles. The molecule has 7 heteroatoms. The number of carbonyl (C=O) groups is 1. The highest BCUT2D eigenvalue weighted by molar-refractivity contribution is 9.10. The molecule has 0 saturated heterocycles. The summed E-state index contributed by atoms with van der Waals surface area (Å²) in [4.78, 5) is 17.1. The summed E-state index contributed by atoms with van der Waals surface area (Å²) in [5.74, 6) is 0.871. The number of carbonyl (C=O) groups excluding carboxylic acids is 1. The third kappa shape index (κ3) is 6.42. The Kier molecular flexibility index (Phi) is 8.11. The number of nitrogens with two attached hydrogens (primary N) is 1. The second-order valence-corrected chi connectivity index (χ2v) is 9.12. The minimum atomic E-state index is -0.275. The second-order valence-electron chi connectivity index (χ2n) is 8.21. The molecule has 156 valence electrons. The van der Waals surface area contributed by atoms with Crippen LogP contribution in [0.5, 0.6) is 0 Å². The molecule has 0 spiro atoms. The molecule has 6 nitrogen and oxygen atoms in total. The Morgan fingerprint density at radius 3 is 2.71 bits per heavy atom. The summed E-state index contributed by atoms with van der Waals surface area (Å²) in [6.45, 7) is 3.01. The maximum absolute atomic E-state index is 12.7. The first-order chi connectivity index (χ1) is 13.6. The second kappa shape index (κ2) is 10.6. The number of halogens is 1. The van der Waals surface area contributed by atoms with Crippen LogP contribution in [-0.4, -0.2) is 35.7 Å². The molecule has 2 unspecified atom stereocenters. The first kappa shape index (κ1) is 21.5. The summed E-state index contributed by atoms with van der Waals surface area (Å²) in [5.41, 5.74) is 6.60. The van der Waals surface area contributed by atoms with Crippen LogP contribution >= 0.6 is 15.9 Å². The standard InChI is InChI=1S/C21H34BrN5O/c1-2-16(26-17-6-4-3-5-7-17)10-11-24-20-18(12-15(22)13-25-20)21(28)27-19(23)14-8-9-14/h12-14,16-17,19,26H,2-11,23H2,1H3,(H,24,25)(H,27,28). The van der Waals surface area contributed by atoms with Crippen LogP contribution in [-0.2, 0) is 0 Å². The normalized spacial score (nSPS) is 19.8. The van der Waals surface area contributed by atoms with E-state index in [1.807, 2.05) is 6.07 Å². The molecule has 28 heavy (non-hydrogen) atoms. The maximum atomic E-state index is 12.7. The van der Waals surface area contributed by atoms with Gasteiger partial charge < -0.3 is 21.7 Å². The van der Waals surface area contributed by atoms with Crippen molar-refractivity contribution in [1.29, 1.82) is 0 Å². The monoisotopic (exact) mass is 451 g/mol. The predicted molar refractivity (Wildman–Crippen MR) is 117 cm³/mol. The number of nitrogens with one attached hydrogen (secondary N) is 3. The molecule has 2 aliphatic rings. The van der Waals surface area contributed by atoms with Crippen LogP contribution in [0.25, 0.3) is 0 Å². The van der Waals surface area contributed by atoms with Gasteiger partial charge in [-0.15, -0.1) is 0 Å². The first-order valence-corrected chi connectivity index (χ1v) is 11.6. The van der Waals surface area contributed by atoms with Crippen molar-refractivity contribution in [2.45, 2.75) is 83.0 Å². The minimum absolute atomic E-state index is 0.164. The zero-order valence-electron chi connectivity index (χ0n) is 16.8. The largest absolute Gasteiger partial charge is 0.369 e. The quantitative estimate of drug-likeness (QED) is 0.406. The third-order valence-electron chi connectivity index (χ3n) is 5.88. The SMILES string of the molecule is CCC(CCNc1ncc(Br)cc1C(=O)NC(N)C1CC1)NC1CCCCC1. The lowest BCUT2D eigenvalue weighted by molar-refractivity contribution is 0.0934. The smallest absolute Gasteiger partial charge is 0.256 e. The van der Waals surface area contributed by atoms with Crippen molar-refractivity contribution in [3.63, 3.8) is 0 Å². The zero-order chi connectivity index (χ0) is 19.9. The Balaban J connectivity index is 1.53. The Bertz CT molecular complexity index is 646. The predicted octanol–water partition coefficient (Wildman–Crippen LogP) is 3.77. The Morgan fingerprint density at radius 1 is 1.29 bits per heavy atom. The van der Waals surface area contributed by atoms with Crippen LogP contribution in [0.4, 0.5) is 5.82 Å². The van der Waals surface area contributed by atoms with E-state index >= 15 is 0 Å². The third-order valence-corrected chi connectivity index (χ3v) is 6.31. The van der Waals surface area contributed by atoms with Crippen molar-refractivity contribution in [2.75, 3.05) is 11.9 Å². The van der Waals surface area contributed by atoms with E-state index in [1.54, 1.807) is 6.20 Å². The highest BCUT2D eigenvalue weighted by Crippen LogP contribution is 2.30. The van der Waals surface area contributed by atoms with Crippen molar-refractivity contribution < 1.29 is 4.79 Å². The van der Waals surface area contributed by atoms with Gasteiger partial charge in [-0.2, -0.15) is 0 Å². The fourth-order valence-corrected chi connectivity index (χ4v) is 4.26. The number of amides is 1. The Labute approximate surface area is 176 Å². The summed E-state index contributed by atoms with van der Waals surface area (Å²) >= 11 is 3.42. The van der Waals surface area contributed by atoms with Gasteiger partial charge in [-0.3, -0.25) is 4.79 Å². The van der Waals surface area contributed by atoms with Gasteiger partial charge in [0.1, 0.15) is 5.82 Å². The van der Waals surface area contributed by atoms with Gasteiger partial charge in [-0.1, -0.05) is 26.2 Å². The number of rotatable bonds is 10. The lowest BCUT2D eigenvalue weighted by atomic mass is 9.94. The number of hydrogen-bond acceptors (Lipinski definition) is 5. The highest BCUT2D eigenvalue weighted by atomic mass is 79.9. The van der Waals surface area contributed by atoms with Gasteiger partial charge >= 0.3 is 0 Å². The van der Waals surface area contributed by atoms with Gasteiger partial charge in [0.2, 0.25) is 0 Å². The van der Waals surface area contributed by atoms with Crippen LogP contribution in [0, 0.1) is 5.92 Å². The van der Waals surface area contributed by atoms with Crippen LogP contribution in [0.3, 0.4) is 0 Å². The zero-order valence-corrected chi connectivity index (χ0v) is 18.4. The van der Waals surface area contributed by atoms with Gasteiger partial charge in [0.25, 0.3) is 5.91 Å². The van der Waals surface area contributed by atoms with Crippen LogP contribution in [0.15, 0.2) is 16.7 Å². The molecule has 2 fully saturated rings. The minimum Gasteiger partial charge on any atom is -0.369 e. The number of anilines is 1. The molecule has 1 heterocycles. The molecule has 2 atom stereocenters. The average Bonchev–Trinajstić information content (AvgIpc) is 3.54. The molecular weight excluding hydrogens is 418 g/mol. The highest BCUT2D eigenvalue weighted by Gasteiger charge is 2.30. The van der Waals surface area contributed by atoms with Crippen molar-refractivity contribution in [3.8, 4) is 0 Å². The fourth-order valence-electron chi connectivity index (χ4n) is 3.93. The lowest BCUT2D eigenvalue weighted by Gasteiger charge is -2.28. The molecule has 2 saturated carbocycles. The van der Waals surface area contributed by atoms with E-state index in [2.05, 4.69) is 43.8 Å². The van der Waals surface area contributed by atoms with E-state index in [9.17, 15) is 4.79 Å². The number of pyridine rings is 1. The van der Waals surface area contributed by atoms with Crippen LogP contribution < -0.4 is 21.7 Å². The molecule has 0 aromatic carbocycles. The maximum Gasteiger partial charge on any atom is 0.256 e. The van der Waals surface area contributed by atoms with Gasteiger partial charge in [0, 0.05) is 29.3 Å². The molecule has 0 bridgehead atoms. The molecule has 1 aromatic heterocycles. The number of aromatic nitrogens is 1. The topological polar surface area (TPSA) is 92.1 Å². The van der Waals surface area contributed by atoms with Gasteiger partial charge in [-0.05, 0) is 66.4 Å². The van der Waals surface area contributed by atoms with Crippen molar-refractivity contribution >= 4 is 27.7 Å². The molecule has 1 amide bonds. The van der Waals surface area contributed by atoms with E-state index in [0.717, 1.165) is 36.7 Å². The Morgan fingerprint density at radius 2 is 2.04 bits per heavy atom. The van der Waals surface area contributed by atoms with Crippen LogP contribution in [0.2, 0.25) is 0 Å². The molecule has 1 aromatic rings. The van der Waals surface area contributed by atoms with Crippen molar-refractivity contribution in [1.82, 2.24) is 15.6 Å². The number of hydrogen-bond donors (Lipinski definition) is 4. The fraction of sp³-hybridized carbons (Fsp3) is 0.714. The van der Waals surface area contributed by atoms with E-state index in [1.165, 1.54) is 32.1 Å². The summed E-state index contributed by atoms with van der Waals surface area (Å²) in [7, 11) is 0. The summed E-state index contributed by atoms with van der Waals surface area (Å²) in [6, 6.07) is 2.96. The van der Waals surface area contributed by atoms with E-state index in [0.29, 0.717) is 29.4 Å². The summed E-state index contributed by atoms with van der Waals surface area (Å²) < 4.78 is 0.786. The molecular formula is C21H34BrN5O. The van der Waals surface area contributed by atoms with Gasteiger partial charge in [0.15, 0.2) is 0 Å². The van der Waals surface area contributed by atoms with E-state index in [4.69, 9.17) is 5.73 Å². The Hall–Kier alpha value is -1.18. The molecule has 3 rings (SSSR count). The van der Waals surface area contributed by atoms with E-state index < -0.39 is 0 Å². The summed E-state index contributed by atoms with van der Waals surface area (Å²) in [6.07, 6.45) is 12.4. The number of nitrogens with zero attached hydrogens (tertiary/aromatic N) is 1. The lowest BCUT2D eigenvalue weighted by Crippen LogP contribution is -2.43. The molecule has 5 N–H and O–H groups in total. The van der Waals surface area contributed by atoms with Gasteiger partial charge in [0.05, 0.1) is 11.7 Å². The first-order valence-electron chi connectivity index (χ1n) is 10.8. The molecule has 2 aliphatic carbocycles. The van der Waals surface area contributed by atoms with Crippen molar-refractivity contribution in [3.05, 3.63) is 22.3 Å². The van der Waals surface area contributed by atoms with Gasteiger partial charge in [-0.25, -0.2) is 4.98 Å². The van der Waals surface area contributed by atoms with Crippen molar-refractivity contribution in [2.24, 2.45) is 11.7 Å². The molecule has 0 radical (unpaired) electrons. The average molecular weight is 452 g/mol.